The Morgan fingerprint density at radius 2 is 2.03 bits per heavy atom. The Kier molecular flexibility index (Phi) is 4.11. The summed E-state index contributed by atoms with van der Waals surface area (Å²) in [6, 6.07) is 12.8. The van der Waals surface area contributed by atoms with E-state index in [1.54, 1.807) is 12.1 Å². The van der Waals surface area contributed by atoms with Gasteiger partial charge in [0.1, 0.15) is 23.6 Å². The fourth-order valence-electron chi connectivity index (χ4n) is 3.36. The molecular formula is C21H12F2N4OS. The average Bonchev–Trinajstić information content (AvgIpc) is 3.32. The van der Waals surface area contributed by atoms with Crippen LogP contribution in [0.5, 0.6) is 5.75 Å². The Labute approximate surface area is 168 Å². The Hall–Kier alpha value is -3.57. The molecule has 5 rings (SSSR count). The van der Waals surface area contributed by atoms with Crippen LogP contribution in [0, 0.1) is 23.0 Å². The molecule has 0 spiro atoms. The predicted octanol–water partition coefficient (Wildman–Crippen LogP) is 4.75. The number of ether oxygens (including phenoxy) is 1. The summed E-state index contributed by atoms with van der Waals surface area (Å²) >= 11 is 1.50. The average molecular weight is 406 g/mol. The summed E-state index contributed by atoms with van der Waals surface area (Å²) in [6.07, 6.45) is 2.04. The van der Waals surface area contributed by atoms with E-state index in [0.717, 1.165) is 26.9 Å². The topological polar surface area (TPSA) is 63.7 Å². The van der Waals surface area contributed by atoms with Gasteiger partial charge in [-0.2, -0.15) is 10.4 Å². The van der Waals surface area contributed by atoms with Gasteiger partial charge in [0.15, 0.2) is 11.6 Å². The zero-order chi connectivity index (χ0) is 20.0. The maximum Gasteiger partial charge on any atom is 0.173 e. The molecule has 0 amide bonds. The minimum atomic E-state index is -0.711. The van der Waals surface area contributed by atoms with E-state index in [9.17, 15) is 8.78 Å². The molecule has 1 aliphatic heterocycles. The maximum absolute atomic E-state index is 14.3. The highest BCUT2D eigenvalue weighted by Crippen LogP contribution is 2.43. The van der Waals surface area contributed by atoms with Crippen LogP contribution in [0.25, 0.3) is 26.8 Å². The number of nitriles is 1. The largest absolute Gasteiger partial charge is 0.493 e. The summed E-state index contributed by atoms with van der Waals surface area (Å²) in [4.78, 5) is 6.14. The van der Waals surface area contributed by atoms with E-state index in [1.807, 2.05) is 12.1 Å². The van der Waals surface area contributed by atoms with Gasteiger partial charge in [-0.1, -0.05) is 0 Å². The molecule has 0 atom stereocenters. The van der Waals surface area contributed by atoms with Gasteiger partial charge in [-0.15, -0.1) is 11.3 Å². The van der Waals surface area contributed by atoms with Crippen LogP contribution in [0.4, 0.5) is 8.78 Å². The Balaban J connectivity index is 1.63. The maximum atomic E-state index is 14.3. The fraction of sp³-hybridized carbons (Fsp3) is 0.0952. The molecule has 142 valence electrons. The highest BCUT2D eigenvalue weighted by atomic mass is 32.1. The lowest BCUT2D eigenvalue weighted by Gasteiger charge is -2.07. The van der Waals surface area contributed by atoms with Gasteiger partial charge in [0.05, 0.1) is 23.1 Å². The Morgan fingerprint density at radius 3 is 2.86 bits per heavy atom. The molecule has 1 aliphatic rings. The highest BCUT2D eigenvalue weighted by molar-refractivity contribution is 7.19. The first-order chi connectivity index (χ1) is 14.1. The van der Waals surface area contributed by atoms with E-state index in [2.05, 4.69) is 16.2 Å². The van der Waals surface area contributed by atoms with E-state index in [1.165, 1.54) is 34.5 Å². The number of nitrogens with zero attached hydrogens (tertiary/aromatic N) is 4. The Bertz CT molecular complexity index is 1290. The van der Waals surface area contributed by atoms with Crippen molar-refractivity contribution in [1.29, 1.82) is 5.26 Å². The molecular weight excluding hydrogens is 394 g/mol. The molecule has 0 N–H and O–H groups in total. The van der Waals surface area contributed by atoms with Crippen molar-refractivity contribution in [2.45, 2.75) is 6.42 Å². The molecule has 5 nitrogen and oxygen atoms in total. The van der Waals surface area contributed by atoms with E-state index >= 15 is 0 Å². The zero-order valence-electron chi connectivity index (χ0n) is 14.9. The molecule has 0 aliphatic carbocycles. The molecule has 2 aromatic heterocycles. The van der Waals surface area contributed by atoms with Gasteiger partial charge < -0.3 is 4.74 Å². The van der Waals surface area contributed by atoms with Crippen molar-refractivity contribution in [2.75, 3.05) is 6.61 Å². The van der Waals surface area contributed by atoms with Crippen molar-refractivity contribution in [2.24, 2.45) is 0 Å². The number of thiophene rings is 1. The van der Waals surface area contributed by atoms with Crippen molar-refractivity contribution in [3.05, 3.63) is 71.6 Å². The molecule has 0 radical (unpaired) electrons. The monoisotopic (exact) mass is 406 g/mol. The molecule has 3 heterocycles. The summed E-state index contributed by atoms with van der Waals surface area (Å²) < 4.78 is 34.8. The van der Waals surface area contributed by atoms with Crippen LogP contribution in [0.2, 0.25) is 0 Å². The molecule has 0 saturated heterocycles. The lowest BCUT2D eigenvalue weighted by Crippen LogP contribution is -2.02. The van der Waals surface area contributed by atoms with Crippen LogP contribution < -0.4 is 4.74 Å². The van der Waals surface area contributed by atoms with Gasteiger partial charge >= 0.3 is 0 Å². The number of benzene rings is 2. The fourth-order valence-corrected chi connectivity index (χ4v) is 4.58. The number of hydrogen-bond acceptors (Lipinski definition) is 5. The first kappa shape index (κ1) is 17.5. The minimum absolute atomic E-state index is 0.130. The first-order valence-electron chi connectivity index (χ1n) is 8.80. The number of halogens is 2. The Morgan fingerprint density at radius 1 is 1.14 bits per heavy atom. The number of fused-ring (bicyclic) bond motifs is 3. The second-order valence-corrected chi connectivity index (χ2v) is 7.53. The number of rotatable bonds is 2. The standard InChI is InChI=1S/C21H12F2N4OS/c22-14-2-4-17(16(23)9-14)27-21(25-11-26-27)19-8-13-5-6-28-18-7-12(10-24)1-3-15(18)20(13)29-19/h1-4,7-9,11H,5-6H2. The molecule has 29 heavy (non-hydrogen) atoms. The smallest absolute Gasteiger partial charge is 0.173 e. The summed E-state index contributed by atoms with van der Waals surface area (Å²) in [5.74, 6) is -0.214. The van der Waals surface area contributed by atoms with Crippen molar-refractivity contribution in [3.63, 3.8) is 0 Å². The van der Waals surface area contributed by atoms with Crippen LogP contribution in [0.3, 0.4) is 0 Å². The van der Waals surface area contributed by atoms with Crippen molar-refractivity contribution < 1.29 is 13.5 Å². The summed E-state index contributed by atoms with van der Waals surface area (Å²) in [5.41, 5.74) is 2.66. The van der Waals surface area contributed by atoms with Crippen LogP contribution in [-0.2, 0) is 6.42 Å². The van der Waals surface area contributed by atoms with Crippen molar-refractivity contribution >= 4 is 11.3 Å². The van der Waals surface area contributed by atoms with Crippen LogP contribution in [0.15, 0.2) is 48.8 Å². The zero-order valence-corrected chi connectivity index (χ0v) is 15.7. The highest BCUT2D eigenvalue weighted by Gasteiger charge is 2.22. The second-order valence-electron chi connectivity index (χ2n) is 6.48. The lowest BCUT2D eigenvalue weighted by molar-refractivity contribution is 0.326. The third-order valence-corrected chi connectivity index (χ3v) is 5.91. The summed E-state index contributed by atoms with van der Waals surface area (Å²) in [5, 5.41) is 13.3. The van der Waals surface area contributed by atoms with Crippen LogP contribution in [-0.4, -0.2) is 21.4 Å². The third-order valence-electron chi connectivity index (χ3n) is 4.70. The summed E-state index contributed by atoms with van der Waals surface area (Å²) in [6.45, 7) is 0.490. The van der Waals surface area contributed by atoms with E-state index in [4.69, 9.17) is 10.00 Å². The lowest BCUT2D eigenvalue weighted by atomic mass is 10.1. The van der Waals surface area contributed by atoms with E-state index in [-0.39, 0.29) is 5.69 Å². The molecule has 8 heteroatoms. The van der Waals surface area contributed by atoms with Crippen LogP contribution >= 0.6 is 11.3 Å². The van der Waals surface area contributed by atoms with E-state index in [0.29, 0.717) is 30.2 Å². The third kappa shape index (κ3) is 2.96. The van der Waals surface area contributed by atoms with Crippen molar-refractivity contribution in [1.82, 2.24) is 14.8 Å². The van der Waals surface area contributed by atoms with Gasteiger partial charge in [-0.3, -0.25) is 0 Å². The van der Waals surface area contributed by atoms with E-state index < -0.39 is 11.6 Å². The van der Waals surface area contributed by atoms with Gasteiger partial charge in [0.2, 0.25) is 0 Å². The van der Waals surface area contributed by atoms with Crippen molar-refractivity contribution in [3.8, 4) is 38.6 Å². The molecule has 0 bridgehead atoms. The number of hydrogen-bond donors (Lipinski definition) is 0. The minimum Gasteiger partial charge on any atom is -0.493 e. The second kappa shape index (κ2) is 6.79. The van der Waals surface area contributed by atoms with Gasteiger partial charge in [-0.05, 0) is 42.0 Å². The first-order valence-corrected chi connectivity index (χ1v) is 9.61. The molecule has 0 saturated carbocycles. The van der Waals surface area contributed by atoms with Gasteiger partial charge in [0.25, 0.3) is 0 Å². The normalized spacial score (nSPS) is 12.4. The van der Waals surface area contributed by atoms with Crippen LogP contribution in [0.1, 0.15) is 11.1 Å². The SMILES string of the molecule is N#Cc1ccc2c(c1)OCCc1cc(-c3ncnn3-c3ccc(F)cc3F)sc1-2. The quantitative estimate of drug-likeness (QED) is 0.482. The predicted molar refractivity (Wildman–Crippen MR) is 104 cm³/mol. The van der Waals surface area contributed by atoms with Gasteiger partial charge in [-0.25, -0.2) is 18.4 Å². The number of aromatic nitrogens is 3. The summed E-state index contributed by atoms with van der Waals surface area (Å²) in [7, 11) is 0. The molecule has 4 aromatic rings. The van der Waals surface area contributed by atoms with Gasteiger partial charge in [0, 0.05) is 22.9 Å². The molecule has 2 aromatic carbocycles. The molecule has 0 unspecified atom stereocenters. The molecule has 0 fully saturated rings.